The summed E-state index contributed by atoms with van der Waals surface area (Å²) in [4.78, 5) is 13.5. The third kappa shape index (κ3) is 2.65. The Morgan fingerprint density at radius 1 is 1.00 bits per heavy atom. The lowest BCUT2D eigenvalue weighted by atomic mass is 10.2. The molecule has 102 valence electrons. The third-order valence-electron chi connectivity index (χ3n) is 3.28. The number of carbonyl (C=O) groups is 1. The number of para-hydroxylation sites is 1. The number of rotatable bonds is 3. The summed E-state index contributed by atoms with van der Waals surface area (Å²) < 4.78 is 5.72. The van der Waals surface area contributed by atoms with Gasteiger partial charge < -0.3 is 15.4 Å². The highest BCUT2D eigenvalue weighted by Gasteiger charge is 2.27. The standard InChI is InChI=1S/C16H16N2O2/c17-12-10-16(19)18(11-12)13-6-8-15(9-7-13)20-14-4-2-1-3-5-14/h1-9,12H,10-11,17H2. The van der Waals surface area contributed by atoms with Crippen molar-refractivity contribution in [2.45, 2.75) is 12.5 Å². The second-order valence-electron chi connectivity index (χ2n) is 4.88. The van der Waals surface area contributed by atoms with Crippen molar-refractivity contribution in [2.75, 3.05) is 11.4 Å². The summed E-state index contributed by atoms with van der Waals surface area (Å²) in [6.07, 6.45) is 0.419. The molecule has 0 radical (unpaired) electrons. The monoisotopic (exact) mass is 268 g/mol. The fraction of sp³-hybridized carbons (Fsp3) is 0.188. The first-order valence-electron chi connectivity index (χ1n) is 6.61. The van der Waals surface area contributed by atoms with Gasteiger partial charge in [-0.05, 0) is 36.4 Å². The molecular weight excluding hydrogens is 252 g/mol. The predicted molar refractivity (Wildman–Crippen MR) is 77.9 cm³/mol. The summed E-state index contributed by atoms with van der Waals surface area (Å²) in [5.74, 6) is 1.62. The van der Waals surface area contributed by atoms with E-state index in [0.717, 1.165) is 17.2 Å². The van der Waals surface area contributed by atoms with E-state index in [9.17, 15) is 4.79 Å². The van der Waals surface area contributed by atoms with Crippen LogP contribution in [0.3, 0.4) is 0 Å². The van der Waals surface area contributed by atoms with E-state index in [0.29, 0.717) is 13.0 Å². The van der Waals surface area contributed by atoms with E-state index in [-0.39, 0.29) is 11.9 Å². The van der Waals surface area contributed by atoms with Crippen LogP contribution in [0.1, 0.15) is 6.42 Å². The summed E-state index contributed by atoms with van der Waals surface area (Å²) in [6.45, 7) is 0.581. The first kappa shape index (κ1) is 12.7. The highest BCUT2D eigenvalue weighted by Crippen LogP contribution is 2.26. The molecule has 1 aliphatic heterocycles. The number of hydrogen-bond acceptors (Lipinski definition) is 3. The summed E-state index contributed by atoms with van der Waals surface area (Å²) in [5.41, 5.74) is 6.66. The molecule has 0 bridgehead atoms. The average Bonchev–Trinajstić information content (AvgIpc) is 2.80. The molecule has 0 saturated carbocycles. The van der Waals surface area contributed by atoms with E-state index >= 15 is 0 Å². The van der Waals surface area contributed by atoms with E-state index in [4.69, 9.17) is 10.5 Å². The lowest BCUT2D eigenvalue weighted by Crippen LogP contribution is -2.27. The van der Waals surface area contributed by atoms with Crippen molar-refractivity contribution in [1.82, 2.24) is 0 Å². The largest absolute Gasteiger partial charge is 0.457 e. The van der Waals surface area contributed by atoms with Crippen molar-refractivity contribution < 1.29 is 9.53 Å². The van der Waals surface area contributed by atoms with Gasteiger partial charge in [0.25, 0.3) is 0 Å². The molecule has 3 rings (SSSR count). The molecule has 4 nitrogen and oxygen atoms in total. The number of nitrogens with two attached hydrogens (primary N) is 1. The fourth-order valence-corrected chi connectivity index (χ4v) is 2.30. The number of benzene rings is 2. The van der Waals surface area contributed by atoms with Gasteiger partial charge in [-0.1, -0.05) is 18.2 Å². The van der Waals surface area contributed by atoms with Gasteiger partial charge in [-0.3, -0.25) is 4.79 Å². The lowest BCUT2D eigenvalue weighted by Gasteiger charge is -2.16. The first-order chi connectivity index (χ1) is 9.72. The van der Waals surface area contributed by atoms with Gasteiger partial charge in [0.1, 0.15) is 11.5 Å². The molecule has 20 heavy (non-hydrogen) atoms. The minimum Gasteiger partial charge on any atom is -0.457 e. The van der Waals surface area contributed by atoms with Crippen molar-refractivity contribution in [1.29, 1.82) is 0 Å². The van der Waals surface area contributed by atoms with Crippen LogP contribution in [0.15, 0.2) is 54.6 Å². The summed E-state index contributed by atoms with van der Waals surface area (Å²) >= 11 is 0. The molecule has 2 aromatic carbocycles. The van der Waals surface area contributed by atoms with Crippen LogP contribution in [0.2, 0.25) is 0 Å². The number of nitrogens with zero attached hydrogens (tertiary/aromatic N) is 1. The molecule has 4 heteroatoms. The Balaban J connectivity index is 1.73. The minimum absolute atomic E-state index is 0.0669. The van der Waals surface area contributed by atoms with Crippen LogP contribution in [-0.4, -0.2) is 18.5 Å². The summed E-state index contributed by atoms with van der Waals surface area (Å²) in [5, 5.41) is 0. The summed E-state index contributed by atoms with van der Waals surface area (Å²) in [7, 11) is 0. The molecule has 1 fully saturated rings. The number of carbonyl (C=O) groups excluding carboxylic acids is 1. The summed E-state index contributed by atoms with van der Waals surface area (Å²) in [6, 6.07) is 17.0. The Hall–Kier alpha value is -2.33. The predicted octanol–water partition coefficient (Wildman–Crippen LogP) is 2.54. The molecular formula is C16H16N2O2. The quantitative estimate of drug-likeness (QED) is 0.930. The van der Waals surface area contributed by atoms with Crippen LogP contribution in [0.5, 0.6) is 11.5 Å². The second-order valence-corrected chi connectivity index (χ2v) is 4.88. The van der Waals surface area contributed by atoms with Gasteiger partial charge in [-0.15, -0.1) is 0 Å². The molecule has 2 aromatic rings. The van der Waals surface area contributed by atoms with Crippen molar-refractivity contribution >= 4 is 11.6 Å². The van der Waals surface area contributed by atoms with Crippen LogP contribution in [0, 0.1) is 0 Å². The van der Waals surface area contributed by atoms with Crippen LogP contribution in [-0.2, 0) is 4.79 Å². The van der Waals surface area contributed by atoms with Crippen LogP contribution < -0.4 is 15.4 Å². The zero-order chi connectivity index (χ0) is 13.9. The van der Waals surface area contributed by atoms with Crippen LogP contribution >= 0.6 is 0 Å². The highest BCUT2D eigenvalue weighted by molar-refractivity contribution is 5.96. The smallest absolute Gasteiger partial charge is 0.228 e. The van der Waals surface area contributed by atoms with Crippen molar-refractivity contribution in [3.63, 3.8) is 0 Å². The zero-order valence-corrected chi connectivity index (χ0v) is 11.0. The van der Waals surface area contributed by atoms with Crippen LogP contribution in [0.25, 0.3) is 0 Å². The first-order valence-corrected chi connectivity index (χ1v) is 6.61. The molecule has 1 atom stereocenters. The van der Waals surface area contributed by atoms with Gasteiger partial charge >= 0.3 is 0 Å². The van der Waals surface area contributed by atoms with Gasteiger partial charge in [-0.2, -0.15) is 0 Å². The molecule has 1 aliphatic rings. The average molecular weight is 268 g/mol. The van der Waals surface area contributed by atoms with Crippen molar-refractivity contribution in [3.05, 3.63) is 54.6 Å². The lowest BCUT2D eigenvalue weighted by molar-refractivity contribution is -0.117. The number of hydrogen-bond donors (Lipinski definition) is 1. The molecule has 0 aromatic heterocycles. The second kappa shape index (κ2) is 5.35. The zero-order valence-electron chi connectivity index (χ0n) is 11.0. The Labute approximate surface area is 117 Å². The van der Waals surface area contributed by atoms with Gasteiger partial charge in [0, 0.05) is 24.7 Å². The Morgan fingerprint density at radius 3 is 2.25 bits per heavy atom. The topological polar surface area (TPSA) is 55.6 Å². The molecule has 1 heterocycles. The maximum atomic E-state index is 11.8. The maximum absolute atomic E-state index is 11.8. The van der Waals surface area contributed by atoms with Crippen molar-refractivity contribution in [2.24, 2.45) is 5.73 Å². The SMILES string of the molecule is NC1CC(=O)N(c2ccc(Oc3ccccc3)cc2)C1. The molecule has 1 saturated heterocycles. The van der Waals surface area contributed by atoms with Crippen molar-refractivity contribution in [3.8, 4) is 11.5 Å². The van der Waals surface area contributed by atoms with E-state index in [1.807, 2.05) is 54.6 Å². The van der Waals surface area contributed by atoms with E-state index in [1.54, 1.807) is 4.90 Å². The Kier molecular flexibility index (Phi) is 3.39. The Morgan fingerprint density at radius 2 is 1.65 bits per heavy atom. The molecule has 1 amide bonds. The Bertz CT molecular complexity index is 596. The molecule has 0 aliphatic carbocycles. The van der Waals surface area contributed by atoms with Crippen LogP contribution in [0.4, 0.5) is 5.69 Å². The maximum Gasteiger partial charge on any atom is 0.228 e. The van der Waals surface area contributed by atoms with E-state index < -0.39 is 0 Å². The van der Waals surface area contributed by atoms with Gasteiger partial charge in [-0.25, -0.2) is 0 Å². The van der Waals surface area contributed by atoms with E-state index in [1.165, 1.54) is 0 Å². The normalized spacial score (nSPS) is 18.4. The van der Waals surface area contributed by atoms with E-state index in [2.05, 4.69) is 0 Å². The number of ether oxygens (including phenoxy) is 1. The molecule has 1 unspecified atom stereocenters. The fourth-order valence-electron chi connectivity index (χ4n) is 2.30. The highest BCUT2D eigenvalue weighted by atomic mass is 16.5. The number of amides is 1. The molecule has 2 N–H and O–H groups in total. The number of anilines is 1. The third-order valence-corrected chi connectivity index (χ3v) is 3.28. The van der Waals surface area contributed by atoms with Gasteiger partial charge in [0.05, 0.1) is 0 Å². The van der Waals surface area contributed by atoms with Gasteiger partial charge in [0.2, 0.25) is 5.91 Å². The molecule has 0 spiro atoms. The van der Waals surface area contributed by atoms with Gasteiger partial charge in [0.15, 0.2) is 0 Å². The minimum atomic E-state index is -0.0669.